The summed E-state index contributed by atoms with van der Waals surface area (Å²) in [5, 5.41) is 12.4. The summed E-state index contributed by atoms with van der Waals surface area (Å²) >= 11 is 0. The zero-order valence-corrected chi connectivity index (χ0v) is 12.7. The summed E-state index contributed by atoms with van der Waals surface area (Å²) in [6.07, 6.45) is 3.55. The van der Waals surface area contributed by atoms with E-state index < -0.39 is 5.97 Å². The first kappa shape index (κ1) is 14.4. The van der Waals surface area contributed by atoms with E-state index in [2.05, 4.69) is 26.1 Å². The summed E-state index contributed by atoms with van der Waals surface area (Å²) in [6.45, 7) is 6.73. The first-order chi connectivity index (χ1) is 9.74. The van der Waals surface area contributed by atoms with Gasteiger partial charge in [-0.2, -0.15) is 0 Å². The highest BCUT2D eigenvalue weighted by atomic mass is 19.1. The molecular weight excluding hydrogens is 269 g/mol. The quantitative estimate of drug-likeness (QED) is 0.879. The van der Waals surface area contributed by atoms with Crippen LogP contribution in [0.15, 0.2) is 18.2 Å². The van der Waals surface area contributed by atoms with Crippen LogP contribution in [0.4, 0.5) is 10.1 Å². The van der Waals surface area contributed by atoms with Crippen molar-refractivity contribution >= 4 is 11.7 Å². The van der Waals surface area contributed by atoms with E-state index in [1.807, 2.05) is 0 Å². The van der Waals surface area contributed by atoms with E-state index in [0.717, 1.165) is 12.8 Å². The van der Waals surface area contributed by atoms with E-state index in [-0.39, 0.29) is 28.3 Å². The fraction of sp³-hybridized carbons (Fsp3) is 0.588. The van der Waals surface area contributed by atoms with E-state index >= 15 is 0 Å². The van der Waals surface area contributed by atoms with Gasteiger partial charge >= 0.3 is 5.97 Å². The van der Waals surface area contributed by atoms with Crippen LogP contribution in [0.2, 0.25) is 0 Å². The molecule has 4 heteroatoms. The maximum absolute atomic E-state index is 14.0. The van der Waals surface area contributed by atoms with E-state index in [9.17, 15) is 9.18 Å². The first-order valence-corrected chi connectivity index (χ1v) is 7.53. The number of carboxylic acid groups (broad SMARTS) is 1. The van der Waals surface area contributed by atoms with Gasteiger partial charge in [-0.25, -0.2) is 9.18 Å². The van der Waals surface area contributed by atoms with Crippen molar-refractivity contribution in [3.63, 3.8) is 0 Å². The monoisotopic (exact) mass is 291 g/mol. The Morgan fingerprint density at radius 2 is 2.10 bits per heavy atom. The highest BCUT2D eigenvalue weighted by molar-refractivity contribution is 5.88. The number of fused-ring (bicyclic) bond motifs is 2. The summed E-state index contributed by atoms with van der Waals surface area (Å²) < 4.78 is 14.0. The summed E-state index contributed by atoms with van der Waals surface area (Å²) in [7, 11) is 0. The van der Waals surface area contributed by atoms with E-state index in [4.69, 9.17) is 5.11 Å². The van der Waals surface area contributed by atoms with Crippen molar-refractivity contribution in [1.29, 1.82) is 0 Å². The molecule has 1 unspecified atom stereocenters. The number of anilines is 1. The maximum Gasteiger partial charge on any atom is 0.335 e. The third kappa shape index (κ3) is 2.12. The number of nitrogens with one attached hydrogen (secondary N) is 1. The smallest absolute Gasteiger partial charge is 0.335 e. The van der Waals surface area contributed by atoms with Gasteiger partial charge in [0.2, 0.25) is 0 Å². The lowest BCUT2D eigenvalue weighted by Gasteiger charge is -2.43. The van der Waals surface area contributed by atoms with Crippen molar-refractivity contribution in [2.45, 2.75) is 46.1 Å². The van der Waals surface area contributed by atoms with Crippen LogP contribution in [0.3, 0.4) is 0 Å². The number of carbonyl (C=O) groups is 1. The number of carboxylic acids is 1. The van der Waals surface area contributed by atoms with Gasteiger partial charge < -0.3 is 10.4 Å². The Bertz CT molecular complexity index is 594. The van der Waals surface area contributed by atoms with Crippen LogP contribution in [0.1, 0.15) is 50.4 Å². The van der Waals surface area contributed by atoms with Gasteiger partial charge in [0.05, 0.1) is 11.3 Å². The molecule has 0 aliphatic heterocycles. The molecule has 3 nitrogen and oxygen atoms in total. The minimum atomic E-state index is -1.03. The van der Waals surface area contributed by atoms with Crippen LogP contribution in [-0.4, -0.2) is 17.1 Å². The molecule has 1 aromatic carbocycles. The Labute approximate surface area is 124 Å². The molecule has 2 fully saturated rings. The first-order valence-electron chi connectivity index (χ1n) is 7.53. The Kier molecular flexibility index (Phi) is 3.05. The molecule has 0 amide bonds. The minimum Gasteiger partial charge on any atom is -0.478 e. The number of hydrogen-bond donors (Lipinski definition) is 2. The number of aromatic carboxylic acids is 1. The highest BCUT2D eigenvalue weighted by Crippen LogP contribution is 2.63. The summed E-state index contributed by atoms with van der Waals surface area (Å²) in [6, 6.07) is 4.11. The predicted octanol–water partition coefficient (Wildman–Crippen LogP) is 4.15. The molecule has 2 saturated carbocycles. The Hall–Kier alpha value is -1.58. The average Bonchev–Trinajstić information content (AvgIpc) is 2.87. The van der Waals surface area contributed by atoms with Gasteiger partial charge in [0.15, 0.2) is 0 Å². The van der Waals surface area contributed by atoms with Gasteiger partial charge in [-0.3, -0.25) is 0 Å². The maximum atomic E-state index is 14.0. The SMILES string of the molecule is CC1(C)C(Nc2cc(C(=O)O)ccc2F)[C@]2(C)CC[C@H]1C2. The average molecular weight is 291 g/mol. The normalized spacial score (nSPS) is 33.1. The van der Waals surface area contributed by atoms with Crippen LogP contribution in [0.5, 0.6) is 0 Å². The fourth-order valence-electron chi connectivity index (χ4n) is 4.59. The molecule has 0 aromatic heterocycles. The summed E-state index contributed by atoms with van der Waals surface area (Å²) in [5.41, 5.74) is 0.685. The lowest BCUT2D eigenvalue weighted by Crippen LogP contribution is -2.46. The van der Waals surface area contributed by atoms with Crippen molar-refractivity contribution in [2.24, 2.45) is 16.7 Å². The van der Waals surface area contributed by atoms with Crippen molar-refractivity contribution in [2.75, 3.05) is 5.32 Å². The second kappa shape index (κ2) is 4.46. The minimum absolute atomic E-state index is 0.0959. The third-order valence-electron chi connectivity index (χ3n) is 5.78. The van der Waals surface area contributed by atoms with Crippen molar-refractivity contribution in [3.05, 3.63) is 29.6 Å². The zero-order valence-electron chi connectivity index (χ0n) is 12.7. The van der Waals surface area contributed by atoms with Gasteiger partial charge in [-0.1, -0.05) is 20.8 Å². The van der Waals surface area contributed by atoms with Gasteiger partial charge in [-0.05, 0) is 54.2 Å². The van der Waals surface area contributed by atoms with Crippen molar-refractivity contribution in [3.8, 4) is 0 Å². The van der Waals surface area contributed by atoms with E-state index in [1.54, 1.807) is 0 Å². The number of halogens is 1. The molecule has 2 N–H and O–H groups in total. The van der Waals surface area contributed by atoms with Gasteiger partial charge in [-0.15, -0.1) is 0 Å². The molecule has 114 valence electrons. The zero-order chi connectivity index (χ0) is 15.4. The second-order valence-corrected chi connectivity index (χ2v) is 7.49. The molecule has 0 heterocycles. The molecule has 2 bridgehead atoms. The lowest BCUT2D eigenvalue weighted by molar-refractivity contribution is 0.0697. The highest BCUT2D eigenvalue weighted by Gasteiger charge is 2.59. The van der Waals surface area contributed by atoms with E-state index in [0.29, 0.717) is 11.6 Å². The van der Waals surface area contributed by atoms with Crippen molar-refractivity contribution in [1.82, 2.24) is 0 Å². The molecule has 21 heavy (non-hydrogen) atoms. The van der Waals surface area contributed by atoms with Gasteiger partial charge in [0.25, 0.3) is 0 Å². The number of benzene rings is 1. The van der Waals surface area contributed by atoms with Gasteiger partial charge in [0, 0.05) is 6.04 Å². The Balaban J connectivity index is 1.93. The van der Waals surface area contributed by atoms with E-state index in [1.165, 1.54) is 24.6 Å². The second-order valence-electron chi connectivity index (χ2n) is 7.49. The molecule has 2 aliphatic rings. The summed E-state index contributed by atoms with van der Waals surface area (Å²) in [4.78, 5) is 11.1. The molecule has 3 atom stereocenters. The lowest BCUT2D eigenvalue weighted by atomic mass is 9.68. The largest absolute Gasteiger partial charge is 0.478 e. The molecule has 0 radical (unpaired) electrons. The molecule has 3 rings (SSSR count). The Morgan fingerprint density at radius 1 is 1.38 bits per heavy atom. The van der Waals surface area contributed by atoms with Crippen LogP contribution in [-0.2, 0) is 0 Å². The molecular formula is C17H22FNO2. The standard InChI is InChI=1S/C17H22FNO2/c1-16(2)11-6-7-17(3,9-11)15(16)19-13-8-10(14(20)21)4-5-12(13)18/h4-5,8,11,15,19H,6-7,9H2,1-3H3,(H,20,21)/t11-,15?,17+/m0/s1. The molecule has 0 spiro atoms. The molecule has 1 aromatic rings. The number of rotatable bonds is 3. The topological polar surface area (TPSA) is 49.3 Å². The van der Waals surface area contributed by atoms with Crippen LogP contribution < -0.4 is 5.32 Å². The van der Waals surface area contributed by atoms with Crippen LogP contribution in [0.25, 0.3) is 0 Å². The Morgan fingerprint density at radius 3 is 2.67 bits per heavy atom. The predicted molar refractivity (Wildman–Crippen MR) is 80.0 cm³/mol. The fourth-order valence-corrected chi connectivity index (χ4v) is 4.59. The third-order valence-corrected chi connectivity index (χ3v) is 5.78. The molecule has 0 saturated heterocycles. The summed E-state index contributed by atoms with van der Waals surface area (Å²) in [5.74, 6) is -0.760. The molecule has 2 aliphatic carbocycles. The van der Waals surface area contributed by atoms with Crippen LogP contribution >= 0.6 is 0 Å². The number of hydrogen-bond acceptors (Lipinski definition) is 2. The van der Waals surface area contributed by atoms with Crippen molar-refractivity contribution < 1.29 is 14.3 Å². The van der Waals surface area contributed by atoms with Gasteiger partial charge in [0.1, 0.15) is 5.82 Å². The van der Waals surface area contributed by atoms with Crippen LogP contribution in [0, 0.1) is 22.6 Å².